The molecule has 1 heterocycles. The molecule has 6 heteroatoms. The van der Waals surface area contributed by atoms with Gasteiger partial charge in [0.15, 0.2) is 0 Å². The third-order valence-corrected chi connectivity index (χ3v) is 6.27. The number of amides is 2. The van der Waals surface area contributed by atoms with Crippen LogP contribution in [0.1, 0.15) is 42.5 Å². The normalized spacial score (nSPS) is 23.4. The zero-order valence-corrected chi connectivity index (χ0v) is 17.2. The molecule has 3 atom stereocenters. The third-order valence-electron chi connectivity index (χ3n) is 6.03. The second-order valence-corrected chi connectivity index (χ2v) is 8.24. The van der Waals surface area contributed by atoms with Gasteiger partial charge in [-0.3, -0.25) is 9.59 Å². The van der Waals surface area contributed by atoms with Crippen molar-refractivity contribution in [3.05, 3.63) is 59.1 Å². The first-order chi connectivity index (χ1) is 14.1. The van der Waals surface area contributed by atoms with E-state index < -0.39 is 6.04 Å². The van der Waals surface area contributed by atoms with E-state index in [2.05, 4.69) is 5.32 Å². The fourth-order valence-corrected chi connectivity index (χ4v) is 4.87. The lowest BCUT2D eigenvalue weighted by molar-refractivity contribution is -0.120. The molecule has 2 amide bonds. The molecule has 29 heavy (non-hydrogen) atoms. The first kappa shape index (κ1) is 19.8. The number of ether oxygens (including phenoxy) is 1. The number of likely N-dealkylation sites (tertiary alicyclic amines) is 1. The molecular weight excluding hydrogens is 388 g/mol. The van der Waals surface area contributed by atoms with E-state index in [9.17, 15) is 9.59 Å². The number of halogens is 1. The number of methoxy groups -OCH3 is 1. The summed E-state index contributed by atoms with van der Waals surface area (Å²) in [4.78, 5) is 28.4. The number of rotatable bonds is 4. The molecule has 2 aromatic rings. The molecule has 2 aromatic carbocycles. The van der Waals surface area contributed by atoms with Crippen LogP contribution in [-0.4, -0.2) is 35.9 Å². The smallest absolute Gasteiger partial charge is 0.254 e. The first-order valence-electron chi connectivity index (χ1n) is 10.1. The van der Waals surface area contributed by atoms with Gasteiger partial charge in [0.1, 0.15) is 11.8 Å². The second-order valence-electron chi connectivity index (χ2n) is 7.81. The Kier molecular flexibility index (Phi) is 5.76. The van der Waals surface area contributed by atoms with Crippen LogP contribution in [0.4, 0.5) is 5.69 Å². The molecule has 3 unspecified atom stereocenters. The van der Waals surface area contributed by atoms with Gasteiger partial charge < -0.3 is 15.0 Å². The summed E-state index contributed by atoms with van der Waals surface area (Å²) in [6, 6.07) is 13.9. The summed E-state index contributed by atoms with van der Waals surface area (Å²) < 4.78 is 5.24. The van der Waals surface area contributed by atoms with Crippen molar-refractivity contribution < 1.29 is 14.3 Å². The summed E-state index contributed by atoms with van der Waals surface area (Å²) in [5.41, 5.74) is 1.20. The molecule has 1 aliphatic heterocycles. The monoisotopic (exact) mass is 412 g/mol. The summed E-state index contributed by atoms with van der Waals surface area (Å²) >= 11 is 6.11. The fraction of sp³-hybridized carbons (Fsp3) is 0.391. The number of hydrogen-bond donors (Lipinski definition) is 1. The highest BCUT2D eigenvalue weighted by molar-refractivity contribution is 6.31. The minimum atomic E-state index is -0.485. The Morgan fingerprint density at radius 2 is 1.90 bits per heavy atom. The Morgan fingerprint density at radius 3 is 2.69 bits per heavy atom. The van der Waals surface area contributed by atoms with Gasteiger partial charge in [-0.25, -0.2) is 0 Å². The van der Waals surface area contributed by atoms with Crippen LogP contribution < -0.4 is 10.1 Å². The van der Waals surface area contributed by atoms with Crippen molar-refractivity contribution in [1.82, 2.24) is 4.90 Å². The van der Waals surface area contributed by atoms with Crippen LogP contribution in [0.15, 0.2) is 48.5 Å². The predicted molar refractivity (Wildman–Crippen MR) is 113 cm³/mol. The van der Waals surface area contributed by atoms with Crippen molar-refractivity contribution in [2.24, 2.45) is 5.92 Å². The van der Waals surface area contributed by atoms with Gasteiger partial charge in [0.25, 0.3) is 5.91 Å². The molecule has 0 radical (unpaired) electrons. The topological polar surface area (TPSA) is 58.6 Å². The standard InChI is InChI=1S/C23H25ClN2O3/c1-29-19-10-5-9-18(14-19)25-22(27)21-13-15-6-2-3-11-20(15)26(21)23(28)16-7-4-8-17(24)12-16/h4-5,7-10,12,14-15,20-21H,2-3,6,11,13H2,1H3,(H,25,27). The summed E-state index contributed by atoms with van der Waals surface area (Å²) in [7, 11) is 1.59. The Balaban J connectivity index is 1.60. The van der Waals surface area contributed by atoms with Crippen LogP contribution in [0.3, 0.4) is 0 Å². The molecule has 0 spiro atoms. The summed E-state index contributed by atoms with van der Waals surface area (Å²) in [5, 5.41) is 3.50. The second kappa shape index (κ2) is 8.46. The maximum absolute atomic E-state index is 13.4. The molecule has 152 valence electrons. The molecular formula is C23H25ClN2O3. The lowest BCUT2D eigenvalue weighted by atomic mass is 9.84. The Morgan fingerprint density at radius 1 is 1.10 bits per heavy atom. The molecule has 2 fully saturated rings. The number of carbonyl (C=O) groups is 2. The molecule has 2 aliphatic rings. The van der Waals surface area contributed by atoms with Gasteiger partial charge in [-0.05, 0) is 55.5 Å². The van der Waals surface area contributed by atoms with Crippen molar-refractivity contribution >= 4 is 29.1 Å². The van der Waals surface area contributed by atoms with Gasteiger partial charge in [0.2, 0.25) is 5.91 Å². The van der Waals surface area contributed by atoms with Crippen LogP contribution in [0.5, 0.6) is 5.75 Å². The van der Waals surface area contributed by atoms with E-state index >= 15 is 0 Å². The van der Waals surface area contributed by atoms with Crippen LogP contribution in [-0.2, 0) is 4.79 Å². The summed E-state index contributed by atoms with van der Waals surface area (Å²) in [5.74, 6) is 0.776. The molecule has 5 nitrogen and oxygen atoms in total. The zero-order chi connectivity index (χ0) is 20.4. The molecule has 4 rings (SSSR count). The average Bonchev–Trinajstić information content (AvgIpc) is 3.13. The van der Waals surface area contributed by atoms with Crippen molar-refractivity contribution in [2.45, 2.75) is 44.2 Å². The number of fused-ring (bicyclic) bond motifs is 1. The summed E-state index contributed by atoms with van der Waals surface area (Å²) in [6.45, 7) is 0. The predicted octanol–water partition coefficient (Wildman–Crippen LogP) is 4.76. The zero-order valence-electron chi connectivity index (χ0n) is 16.4. The maximum atomic E-state index is 13.4. The SMILES string of the molecule is COc1cccc(NC(=O)C2CC3CCCCC3N2C(=O)c2cccc(Cl)c2)c1. The number of benzene rings is 2. The van der Waals surface area contributed by atoms with Gasteiger partial charge in [0.05, 0.1) is 7.11 Å². The van der Waals surface area contributed by atoms with E-state index in [-0.39, 0.29) is 17.9 Å². The van der Waals surface area contributed by atoms with Gasteiger partial charge in [0, 0.05) is 28.4 Å². The lowest BCUT2D eigenvalue weighted by Gasteiger charge is -2.33. The van der Waals surface area contributed by atoms with Gasteiger partial charge >= 0.3 is 0 Å². The number of nitrogens with one attached hydrogen (secondary N) is 1. The van der Waals surface area contributed by atoms with Gasteiger partial charge in [-0.15, -0.1) is 0 Å². The van der Waals surface area contributed by atoms with Crippen molar-refractivity contribution in [3.63, 3.8) is 0 Å². The van der Waals surface area contributed by atoms with Gasteiger partial charge in [-0.2, -0.15) is 0 Å². The molecule has 1 saturated carbocycles. The van der Waals surface area contributed by atoms with Crippen LogP contribution in [0, 0.1) is 5.92 Å². The number of hydrogen-bond acceptors (Lipinski definition) is 3. The quantitative estimate of drug-likeness (QED) is 0.787. The minimum absolute atomic E-state index is 0.108. The average molecular weight is 413 g/mol. The molecule has 1 N–H and O–H groups in total. The van der Waals surface area contributed by atoms with E-state index in [0.717, 1.165) is 25.7 Å². The maximum Gasteiger partial charge on any atom is 0.254 e. The number of anilines is 1. The number of carbonyl (C=O) groups excluding carboxylic acids is 2. The van der Waals surface area contributed by atoms with Crippen molar-refractivity contribution in [1.29, 1.82) is 0 Å². The highest BCUT2D eigenvalue weighted by Crippen LogP contribution is 2.41. The van der Waals surface area contributed by atoms with Crippen LogP contribution in [0.2, 0.25) is 5.02 Å². The van der Waals surface area contributed by atoms with Crippen molar-refractivity contribution in [2.75, 3.05) is 12.4 Å². The van der Waals surface area contributed by atoms with E-state index in [1.54, 1.807) is 37.4 Å². The van der Waals surface area contributed by atoms with Crippen molar-refractivity contribution in [3.8, 4) is 5.75 Å². The van der Waals surface area contributed by atoms with Gasteiger partial charge in [-0.1, -0.05) is 36.6 Å². The number of nitrogens with zero attached hydrogens (tertiary/aromatic N) is 1. The Bertz CT molecular complexity index is 917. The highest BCUT2D eigenvalue weighted by Gasteiger charge is 2.47. The molecule has 0 bridgehead atoms. The van der Waals surface area contributed by atoms with Crippen LogP contribution in [0.25, 0.3) is 0 Å². The lowest BCUT2D eigenvalue weighted by Crippen LogP contribution is -2.47. The van der Waals surface area contributed by atoms with E-state index in [1.807, 2.05) is 23.1 Å². The van der Waals surface area contributed by atoms with E-state index in [1.165, 1.54) is 0 Å². The fourth-order valence-electron chi connectivity index (χ4n) is 4.68. The molecule has 0 aromatic heterocycles. The third kappa shape index (κ3) is 4.10. The molecule has 1 saturated heterocycles. The van der Waals surface area contributed by atoms with E-state index in [0.29, 0.717) is 34.4 Å². The Labute approximate surface area is 176 Å². The largest absolute Gasteiger partial charge is 0.497 e. The molecule has 1 aliphatic carbocycles. The Hall–Kier alpha value is -2.53. The van der Waals surface area contributed by atoms with E-state index in [4.69, 9.17) is 16.3 Å². The first-order valence-corrected chi connectivity index (χ1v) is 10.5. The van der Waals surface area contributed by atoms with Crippen LogP contribution >= 0.6 is 11.6 Å². The highest BCUT2D eigenvalue weighted by atomic mass is 35.5. The minimum Gasteiger partial charge on any atom is -0.497 e. The summed E-state index contributed by atoms with van der Waals surface area (Å²) in [6.07, 6.45) is 4.95.